The van der Waals surface area contributed by atoms with E-state index in [1.54, 1.807) is 0 Å². The molecule has 0 saturated carbocycles. The Hall–Kier alpha value is -2.63. The van der Waals surface area contributed by atoms with Crippen molar-refractivity contribution >= 4 is 17.8 Å². The van der Waals surface area contributed by atoms with Gasteiger partial charge >= 0.3 is 18.1 Å². The van der Waals surface area contributed by atoms with Gasteiger partial charge in [-0.25, -0.2) is 4.79 Å². The molecule has 2 aliphatic rings. The number of aromatic nitrogens is 2. The van der Waals surface area contributed by atoms with E-state index in [1.165, 1.54) is 12.4 Å². The fourth-order valence-electron chi connectivity index (χ4n) is 2.95. The number of aromatic amines is 1. The van der Waals surface area contributed by atoms with E-state index in [2.05, 4.69) is 20.8 Å². The molecule has 4 N–H and O–H groups in total. The second-order valence-electron chi connectivity index (χ2n) is 6.26. The lowest BCUT2D eigenvalue weighted by Gasteiger charge is -2.29. The van der Waals surface area contributed by atoms with E-state index in [4.69, 9.17) is 14.6 Å². The number of alkyl halides is 3. The van der Waals surface area contributed by atoms with E-state index in [0.717, 1.165) is 25.9 Å². The molecule has 2 fully saturated rings. The third-order valence-electron chi connectivity index (χ3n) is 4.38. The number of H-pyrrole nitrogens is 1. The molecular formula is C15H19F3N4O5. The number of halogens is 3. The number of amides is 1. The van der Waals surface area contributed by atoms with Crippen LogP contribution >= 0.6 is 0 Å². The van der Waals surface area contributed by atoms with Crippen LogP contribution in [0.2, 0.25) is 0 Å². The molecule has 9 nitrogen and oxygen atoms in total. The first-order valence-corrected chi connectivity index (χ1v) is 8.13. The summed E-state index contributed by atoms with van der Waals surface area (Å²) in [5.41, 5.74) is 0.141. The summed E-state index contributed by atoms with van der Waals surface area (Å²) >= 11 is 0. The summed E-state index contributed by atoms with van der Waals surface area (Å²) in [4.78, 5) is 32.7. The standard InChI is InChI=1S/C13H18N4O3.C2HF3O2/c18-11(9-6-16-17-7-9)15-8-10-5-13(12(19)20-10)1-3-14-4-2-13;3-2(4,5)1(6)7/h6-7,10,14H,1-5,8H2,(H,15,18)(H,16,17);(H,6,7). The van der Waals surface area contributed by atoms with Crippen LogP contribution in [-0.2, 0) is 14.3 Å². The molecule has 1 aromatic heterocycles. The number of carboxylic acids is 1. The quantitative estimate of drug-likeness (QED) is 0.549. The summed E-state index contributed by atoms with van der Waals surface area (Å²) in [6.07, 6.45) is 0.0143. The van der Waals surface area contributed by atoms with Crippen molar-refractivity contribution in [3.05, 3.63) is 18.0 Å². The van der Waals surface area contributed by atoms with Crippen molar-refractivity contribution in [2.24, 2.45) is 5.41 Å². The van der Waals surface area contributed by atoms with Gasteiger partial charge in [0, 0.05) is 12.6 Å². The predicted octanol–water partition coefficient (Wildman–Crippen LogP) is 0.458. The van der Waals surface area contributed by atoms with Gasteiger partial charge in [0.1, 0.15) is 6.10 Å². The Morgan fingerprint density at radius 2 is 2.00 bits per heavy atom. The highest BCUT2D eigenvalue weighted by molar-refractivity contribution is 5.93. The number of hydrogen-bond donors (Lipinski definition) is 4. The number of aliphatic carboxylic acids is 1. The van der Waals surface area contributed by atoms with Crippen molar-refractivity contribution in [2.75, 3.05) is 19.6 Å². The summed E-state index contributed by atoms with van der Waals surface area (Å²) in [5, 5.41) is 19.5. The number of rotatable bonds is 3. The topological polar surface area (TPSA) is 133 Å². The zero-order valence-corrected chi connectivity index (χ0v) is 14.1. The van der Waals surface area contributed by atoms with Crippen LogP contribution in [0.1, 0.15) is 29.6 Å². The van der Waals surface area contributed by atoms with Gasteiger partial charge in [0.15, 0.2) is 0 Å². The number of nitrogens with zero attached hydrogens (tertiary/aromatic N) is 1. The average molecular weight is 392 g/mol. The molecule has 150 valence electrons. The molecule has 2 aliphatic heterocycles. The second kappa shape index (κ2) is 8.37. The Balaban J connectivity index is 0.000000321. The third kappa shape index (κ3) is 5.42. The molecule has 0 bridgehead atoms. The van der Waals surface area contributed by atoms with Crippen LogP contribution in [0.4, 0.5) is 13.2 Å². The summed E-state index contributed by atoms with van der Waals surface area (Å²) in [6.45, 7) is 2.05. The maximum Gasteiger partial charge on any atom is 0.490 e. The Morgan fingerprint density at radius 1 is 1.37 bits per heavy atom. The fraction of sp³-hybridized carbons (Fsp3) is 0.600. The van der Waals surface area contributed by atoms with Gasteiger partial charge in [-0.1, -0.05) is 0 Å². The minimum absolute atomic E-state index is 0.110. The number of nitrogens with one attached hydrogen (secondary N) is 3. The Labute approximate surface area is 151 Å². The van der Waals surface area contributed by atoms with Crippen molar-refractivity contribution in [3.63, 3.8) is 0 Å². The van der Waals surface area contributed by atoms with Crippen molar-refractivity contribution in [1.29, 1.82) is 0 Å². The molecule has 27 heavy (non-hydrogen) atoms. The van der Waals surface area contributed by atoms with Gasteiger partial charge in [0.05, 0.1) is 23.7 Å². The molecule has 3 heterocycles. The number of carbonyl (C=O) groups is 3. The van der Waals surface area contributed by atoms with Gasteiger partial charge in [-0.05, 0) is 25.9 Å². The lowest BCUT2D eigenvalue weighted by molar-refractivity contribution is -0.192. The molecular weight excluding hydrogens is 373 g/mol. The van der Waals surface area contributed by atoms with Gasteiger partial charge in [-0.15, -0.1) is 0 Å². The molecule has 0 aliphatic carbocycles. The first kappa shape index (κ1) is 20.7. The van der Waals surface area contributed by atoms with Gasteiger partial charge in [-0.2, -0.15) is 18.3 Å². The summed E-state index contributed by atoms with van der Waals surface area (Å²) in [5.74, 6) is -3.07. The Kier molecular flexibility index (Phi) is 6.41. The number of piperidine rings is 1. The Morgan fingerprint density at radius 3 is 2.52 bits per heavy atom. The molecule has 2 saturated heterocycles. The average Bonchev–Trinajstić information content (AvgIpc) is 3.23. The van der Waals surface area contributed by atoms with E-state index in [-0.39, 0.29) is 23.4 Å². The molecule has 1 atom stereocenters. The number of carboxylic acid groups (broad SMARTS) is 1. The van der Waals surface area contributed by atoms with Crippen molar-refractivity contribution in [2.45, 2.75) is 31.5 Å². The molecule has 3 rings (SSSR count). The van der Waals surface area contributed by atoms with E-state index < -0.39 is 12.1 Å². The molecule has 1 amide bonds. The van der Waals surface area contributed by atoms with E-state index in [1.807, 2.05) is 0 Å². The van der Waals surface area contributed by atoms with Gasteiger partial charge in [0.25, 0.3) is 5.91 Å². The van der Waals surface area contributed by atoms with Gasteiger partial charge < -0.3 is 20.5 Å². The molecule has 1 aromatic rings. The summed E-state index contributed by atoms with van der Waals surface area (Å²) in [6, 6.07) is 0. The first-order valence-electron chi connectivity index (χ1n) is 8.13. The minimum Gasteiger partial charge on any atom is -0.475 e. The highest BCUT2D eigenvalue weighted by Gasteiger charge is 2.49. The molecule has 12 heteroatoms. The largest absolute Gasteiger partial charge is 0.490 e. The van der Waals surface area contributed by atoms with E-state index in [0.29, 0.717) is 18.5 Å². The van der Waals surface area contributed by atoms with E-state index >= 15 is 0 Å². The SMILES string of the molecule is O=C(NCC1CC2(CCNCC2)C(=O)O1)c1cn[nH]c1.O=C(O)C(F)(F)F. The van der Waals surface area contributed by atoms with Crippen LogP contribution in [0.25, 0.3) is 0 Å². The van der Waals surface area contributed by atoms with Gasteiger partial charge in [-0.3, -0.25) is 14.7 Å². The van der Waals surface area contributed by atoms with Crippen LogP contribution in [0.5, 0.6) is 0 Å². The number of ether oxygens (including phenoxy) is 1. The molecule has 0 radical (unpaired) electrons. The lowest BCUT2D eigenvalue weighted by Crippen LogP contribution is -2.39. The zero-order valence-electron chi connectivity index (χ0n) is 14.1. The summed E-state index contributed by atoms with van der Waals surface area (Å²) in [7, 11) is 0. The van der Waals surface area contributed by atoms with Crippen LogP contribution < -0.4 is 10.6 Å². The zero-order chi connectivity index (χ0) is 20.1. The lowest BCUT2D eigenvalue weighted by atomic mass is 9.76. The molecule has 0 aromatic carbocycles. The monoisotopic (exact) mass is 392 g/mol. The van der Waals surface area contributed by atoms with Crippen LogP contribution in [-0.4, -0.2) is 65.1 Å². The van der Waals surface area contributed by atoms with Crippen LogP contribution in [0.15, 0.2) is 12.4 Å². The number of carbonyl (C=O) groups excluding carboxylic acids is 2. The third-order valence-corrected chi connectivity index (χ3v) is 4.38. The smallest absolute Gasteiger partial charge is 0.475 e. The fourth-order valence-corrected chi connectivity index (χ4v) is 2.95. The minimum atomic E-state index is -5.08. The van der Waals surface area contributed by atoms with Crippen LogP contribution in [0, 0.1) is 5.41 Å². The normalized spacial score (nSPS) is 21.1. The highest BCUT2D eigenvalue weighted by Crippen LogP contribution is 2.41. The maximum absolute atomic E-state index is 12.1. The number of cyclic esters (lactones) is 1. The first-order chi connectivity index (χ1) is 12.6. The Bertz CT molecular complexity index is 671. The van der Waals surface area contributed by atoms with Crippen molar-refractivity contribution in [3.8, 4) is 0 Å². The second-order valence-corrected chi connectivity index (χ2v) is 6.26. The maximum atomic E-state index is 12.1. The summed E-state index contributed by atoms with van der Waals surface area (Å²) < 4.78 is 37.2. The highest BCUT2D eigenvalue weighted by atomic mass is 19.4. The van der Waals surface area contributed by atoms with Crippen molar-refractivity contribution < 1.29 is 37.4 Å². The van der Waals surface area contributed by atoms with E-state index in [9.17, 15) is 22.8 Å². The van der Waals surface area contributed by atoms with Crippen LogP contribution in [0.3, 0.4) is 0 Å². The molecule has 1 unspecified atom stereocenters. The number of esters is 1. The molecule has 1 spiro atoms. The van der Waals surface area contributed by atoms with Gasteiger partial charge in [0.2, 0.25) is 0 Å². The number of hydrogen-bond acceptors (Lipinski definition) is 6. The van der Waals surface area contributed by atoms with Crippen molar-refractivity contribution in [1.82, 2.24) is 20.8 Å². The predicted molar refractivity (Wildman–Crippen MR) is 83.6 cm³/mol.